The van der Waals surface area contributed by atoms with Crippen LogP contribution >= 0.6 is 11.8 Å². The Morgan fingerprint density at radius 1 is 1.54 bits per heavy atom. The Balaban J connectivity index is 2.44. The highest BCUT2D eigenvalue weighted by Gasteiger charge is 2.29. The van der Waals surface area contributed by atoms with E-state index in [1.165, 1.54) is 23.9 Å². The van der Waals surface area contributed by atoms with Gasteiger partial charge in [0.25, 0.3) is 0 Å². The van der Waals surface area contributed by atoms with Crippen LogP contribution in [0.15, 0.2) is 18.2 Å². The molecule has 0 saturated carbocycles. The van der Waals surface area contributed by atoms with Gasteiger partial charge in [-0.15, -0.1) is 0 Å². The van der Waals surface area contributed by atoms with Crippen molar-refractivity contribution in [3.05, 3.63) is 29.6 Å². The molecule has 1 aromatic rings. The molecule has 70 valence electrons. The molecule has 0 bridgehead atoms. The Bertz CT molecular complexity index is 331. The van der Waals surface area contributed by atoms with E-state index in [0.29, 0.717) is 0 Å². The molecule has 0 radical (unpaired) electrons. The van der Waals surface area contributed by atoms with Crippen molar-refractivity contribution >= 4 is 17.4 Å². The molecule has 0 aromatic heterocycles. The van der Waals surface area contributed by atoms with Gasteiger partial charge in [0.05, 0.1) is 5.25 Å². The molecule has 1 aromatic carbocycles. The Hall–Kier alpha value is -0.740. The van der Waals surface area contributed by atoms with E-state index in [2.05, 4.69) is 5.32 Å². The molecule has 2 N–H and O–H groups in total. The molecule has 0 spiro atoms. The number of fused-ring (bicyclic) bond motifs is 1. The molecular weight excluding hydrogens is 189 g/mol. The average molecular weight is 199 g/mol. The maximum absolute atomic E-state index is 12.9. The number of aliphatic hydroxyl groups is 1. The zero-order valence-electron chi connectivity index (χ0n) is 7.12. The minimum atomic E-state index is -0.605. The third-order valence-corrected chi connectivity index (χ3v) is 3.18. The quantitative estimate of drug-likeness (QED) is 0.725. The number of anilines is 1. The second kappa shape index (κ2) is 3.20. The first kappa shape index (κ1) is 8.84. The van der Waals surface area contributed by atoms with Crippen LogP contribution in [0, 0.1) is 5.82 Å². The zero-order valence-corrected chi connectivity index (χ0v) is 7.94. The third-order valence-electron chi connectivity index (χ3n) is 2.16. The van der Waals surface area contributed by atoms with Crippen LogP contribution in [0.5, 0.6) is 0 Å². The number of benzene rings is 1. The van der Waals surface area contributed by atoms with Crippen molar-refractivity contribution in [2.24, 2.45) is 0 Å². The number of aliphatic hydroxyl groups excluding tert-OH is 1. The predicted molar refractivity (Wildman–Crippen MR) is 52.3 cm³/mol. The van der Waals surface area contributed by atoms with Crippen molar-refractivity contribution < 1.29 is 9.50 Å². The highest BCUT2D eigenvalue weighted by atomic mass is 32.2. The van der Waals surface area contributed by atoms with Gasteiger partial charge in [-0.3, -0.25) is 0 Å². The normalized spacial score (nSPS) is 25.5. The smallest absolute Gasteiger partial charge is 0.140 e. The van der Waals surface area contributed by atoms with Gasteiger partial charge in [0.15, 0.2) is 0 Å². The summed E-state index contributed by atoms with van der Waals surface area (Å²) in [5.41, 5.74) is 1.67. The number of rotatable bonds is 1. The van der Waals surface area contributed by atoms with E-state index >= 15 is 0 Å². The van der Waals surface area contributed by atoms with Gasteiger partial charge in [0.2, 0.25) is 0 Å². The van der Waals surface area contributed by atoms with E-state index in [0.717, 1.165) is 11.3 Å². The summed E-state index contributed by atoms with van der Waals surface area (Å²) in [5.74, 6) is -0.256. The SMILES string of the molecule is CSC1c2cc(F)ccc2NC1O. The molecule has 13 heavy (non-hydrogen) atoms. The first-order valence-corrected chi connectivity index (χ1v) is 5.28. The second-order valence-corrected chi connectivity index (χ2v) is 3.96. The van der Waals surface area contributed by atoms with E-state index in [1.807, 2.05) is 6.26 Å². The summed E-state index contributed by atoms with van der Waals surface area (Å²) in [5, 5.41) is 12.4. The fraction of sp³-hybridized carbons (Fsp3) is 0.333. The van der Waals surface area contributed by atoms with Gasteiger partial charge in [0.1, 0.15) is 12.0 Å². The standard InChI is InChI=1S/C9H10FNOS/c1-13-8-6-4-5(10)2-3-7(6)11-9(8)12/h2-4,8-9,11-12H,1H3. The Kier molecular flexibility index (Phi) is 2.17. The summed E-state index contributed by atoms with van der Waals surface area (Å²) in [6, 6.07) is 4.52. The predicted octanol–water partition coefficient (Wildman–Crippen LogP) is 1.97. The van der Waals surface area contributed by atoms with E-state index in [1.54, 1.807) is 6.07 Å². The van der Waals surface area contributed by atoms with Gasteiger partial charge in [0, 0.05) is 5.69 Å². The van der Waals surface area contributed by atoms with Crippen molar-refractivity contribution in [3.8, 4) is 0 Å². The molecular formula is C9H10FNOS. The van der Waals surface area contributed by atoms with Crippen LogP contribution in [-0.4, -0.2) is 17.6 Å². The van der Waals surface area contributed by atoms with Crippen molar-refractivity contribution in [2.75, 3.05) is 11.6 Å². The fourth-order valence-electron chi connectivity index (χ4n) is 1.56. The summed E-state index contributed by atoms with van der Waals surface area (Å²) in [6.07, 6.45) is 1.29. The van der Waals surface area contributed by atoms with Crippen molar-refractivity contribution in [1.29, 1.82) is 0 Å². The summed E-state index contributed by atoms with van der Waals surface area (Å²) < 4.78 is 12.9. The molecule has 1 heterocycles. The van der Waals surface area contributed by atoms with Gasteiger partial charge >= 0.3 is 0 Å². The topological polar surface area (TPSA) is 32.3 Å². The lowest BCUT2D eigenvalue weighted by atomic mass is 10.1. The molecule has 0 fully saturated rings. The summed E-state index contributed by atoms with van der Waals surface area (Å²) >= 11 is 1.51. The first-order valence-electron chi connectivity index (χ1n) is 3.99. The number of halogens is 1. The molecule has 1 aliphatic rings. The largest absolute Gasteiger partial charge is 0.372 e. The van der Waals surface area contributed by atoms with Crippen LogP contribution in [0.3, 0.4) is 0 Å². The molecule has 4 heteroatoms. The molecule has 2 rings (SSSR count). The van der Waals surface area contributed by atoms with E-state index in [9.17, 15) is 9.50 Å². The molecule has 0 aliphatic carbocycles. The molecule has 2 unspecified atom stereocenters. The van der Waals surface area contributed by atoms with Crippen molar-refractivity contribution in [3.63, 3.8) is 0 Å². The van der Waals surface area contributed by atoms with Crippen LogP contribution < -0.4 is 5.32 Å². The lowest BCUT2D eigenvalue weighted by molar-refractivity contribution is 0.209. The lowest BCUT2D eigenvalue weighted by Gasteiger charge is -2.11. The van der Waals surface area contributed by atoms with Gasteiger partial charge in [-0.25, -0.2) is 4.39 Å². The monoisotopic (exact) mass is 199 g/mol. The second-order valence-electron chi connectivity index (χ2n) is 2.98. The van der Waals surface area contributed by atoms with Crippen LogP contribution in [-0.2, 0) is 0 Å². The highest BCUT2D eigenvalue weighted by Crippen LogP contribution is 2.41. The fourth-order valence-corrected chi connectivity index (χ4v) is 2.34. The van der Waals surface area contributed by atoms with Gasteiger partial charge in [-0.1, -0.05) is 0 Å². The molecule has 0 amide bonds. The molecule has 0 saturated heterocycles. The van der Waals surface area contributed by atoms with Crippen molar-refractivity contribution in [1.82, 2.24) is 0 Å². The minimum absolute atomic E-state index is 0.0642. The maximum Gasteiger partial charge on any atom is 0.140 e. The molecule has 2 nitrogen and oxygen atoms in total. The summed E-state index contributed by atoms with van der Waals surface area (Å²) in [4.78, 5) is 0. The zero-order chi connectivity index (χ0) is 9.42. The van der Waals surface area contributed by atoms with Gasteiger partial charge in [-0.2, -0.15) is 11.8 Å². The van der Waals surface area contributed by atoms with Gasteiger partial charge in [-0.05, 0) is 30.0 Å². The highest BCUT2D eigenvalue weighted by molar-refractivity contribution is 7.98. The number of hydrogen-bond acceptors (Lipinski definition) is 3. The minimum Gasteiger partial charge on any atom is -0.372 e. The Morgan fingerprint density at radius 3 is 3.00 bits per heavy atom. The van der Waals surface area contributed by atoms with E-state index in [4.69, 9.17) is 0 Å². The van der Waals surface area contributed by atoms with Gasteiger partial charge < -0.3 is 10.4 Å². The summed E-state index contributed by atoms with van der Waals surface area (Å²) in [6.45, 7) is 0. The lowest BCUT2D eigenvalue weighted by Crippen LogP contribution is -2.16. The van der Waals surface area contributed by atoms with Crippen LogP contribution in [0.2, 0.25) is 0 Å². The third kappa shape index (κ3) is 1.40. The maximum atomic E-state index is 12.9. The Labute approximate surface area is 80.2 Å². The number of nitrogens with one attached hydrogen (secondary N) is 1. The van der Waals surface area contributed by atoms with E-state index in [-0.39, 0.29) is 11.1 Å². The average Bonchev–Trinajstić information content (AvgIpc) is 2.40. The molecule has 1 aliphatic heterocycles. The van der Waals surface area contributed by atoms with E-state index < -0.39 is 6.23 Å². The number of thioether (sulfide) groups is 1. The summed E-state index contributed by atoms with van der Waals surface area (Å²) in [7, 11) is 0. The van der Waals surface area contributed by atoms with Crippen molar-refractivity contribution in [2.45, 2.75) is 11.5 Å². The number of hydrogen-bond donors (Lipinski definition) is 2. The Morgan fingerprint density at radius 2 is 2.31 bits per heavy atom. The van der Waals surface area contributed by atoms with Crippen LogP contribution in [0.1, 0.15) is 10.8 Å². The molecule has 2 atom stereocenters. The van der Waals surface area contributed by atoms with Crippen LogP contribution in [0.4, 0.5) is 10.1 Å². The first-order chi connectivity index (χ1) is 6.22. The van der Waals surface area contributed by atoms with Crippen LogP contribution in [0.25, 0.3) is 0 Å².